The molecule has 0 fully saturated rings. The number of carboxylic acid groups (broad SMARTS) is 1. The zero-order valence-electron chi connectivity index (χ0n) is 10.1. The Morgan fingerprint density at radius 3 is 2.70 bits per heavy atom. The number of nitrogens with zero attached hydrogens (tertiary/aromatic N) is 1. The lowest BCUT2D eigenvalue weighted by Crippen LogP contribution is -2.14. The zero-order chi connectivity index (χ0) is 14.9. The molecule has 2 N–H and O–H groups in total. The van der Waals surface area contributed by atoms with E-state index in [0.29, 0.717) is 9.48 Å². The van der Waals surface area contributed by atoms with Crippen LogP contribution >= 0.6 is 27.3 Å². The highest BCUT2D eigenvalue weighted by molar-refractivity contribution is 9.10. The highest BCUT2D eigenvalue weighted by atomic mass is 79.9. The van der Waals surface area contributed by atoms with E-state index in [1.807, 2.05) is 0 Å². The fourth-order valence-corrected chi connectivity index (χ4v) is 3.99. The van der Waals surface area contributed by atoms with Gasteiger partial charge >= 0.3 is 5.97 Å². The van der Waals surface area contributed by atoms with E-state index in [9.17, 15) is 13.2 Å². The second-order valence-corrected chi connectivity index (χ2v) is 7.86. The van der Waals surface area contributed by atoms with Gasteiger partial charge in [0.2, 0.25) is 0 Å². The topological polar surface area (TPSA) is 96.4 Å². The smallest absolute Gasteiger partial charge is 0.337 e. The number of sulfonamides is 1. The summed E-state index contributed by atoms with van der Waals surface area (Å²) >= 11 is 4.19. The molecular weight excluding hydrogens is 368 g/mol. The standard InChI is InChI=1S/C11H9BrN2O4S2/c1-6-13-5-10(19-6)20(17,18)14-9-4-7(12)2-3-8(9)11(15)16/h2-5,14H,1H3,(H,15,16). The number of carboxylic acids is 1. The summed E-state index contributed by atoms with van der Waals surface area (Å²) < 4.78 is 27.2. The number of hydrogen-bond acceptors (Lipinski definition) is 5. The van der Waals surface area contributed by atoms with Crippen molar-refractivity contribution in [2.75, 3.05) is 4.72 Å². The molecule has 1 heterocycles. The summed E-state index contributed by atoms with van der Waals surface area (Å²) in [5.41, 5.74) is -0.129. The van der Waals surface area contributed by atoms with E-state index in [-0.39, 0.29) is 15.5 Å². The van der Waals surface area contributed by atoms with E-state index >= 15 is 0 Å². The molecule has 0 aliphatic heterocycles. The number of aryl methyl sites for hydroxylation is 1. The minimum Gasteiger partial charge on any atom is -0.478 e. The number of thiazole rings is 1. The van der Waals surface area contributed by atoms with E-state index in [2.05, 4.69) is 25.6 Å². The van der Waals surface area contributed by atoms with Crippen LogP contribution in [0.25, 0.3) is 0 Å². The highest BCUT2D eigenvalue weighted by Gasteiger charge is 2.20. The third-order valence-corrected chi connectivity index (χ3v) is 5.55. The molecule has 20 heavy (non-hydrogen) atoms. The first kappa shape index (κ1) is 14.9. The normalized spacial score (nSPS) is 11.3. The van der Waals surface area contributed by atoms with Crippen LogP contribution in [0.1, 0.15) is 15.4 Å². The van der Waals surface area contributed by atoms with Gasteiger partial charge in [0.1, 0.15) is 0 Å². The number of benzene rings is 1. The highest BCUT2D eigenvalue weighted by Crippen LogP contribution is 2.26. The van der Waals surface area contributed by atoms with Crippen molar-refractivity contribution in [3.8, 4) is 0 Å². The minimum absolute atomic E-state index is 0.00192. The molecule has 6 nitrogen and oxygen atoms in total. The SMILES string of the molecule is Cc1ncc(S(=O)(=O)Nc2cc(Br)ccc2C(=O)O)s1. The quantitative estimate of drug-likeness (QED) is 0.854. The Balaban J connectivity index is 2.44. The Morgan fingerprint density at radius 2 is 2.15 bits per heavy atom. The summed E-state index contributed by atoms with van der Waals surface area (Å²) in [4.78, 5) is 15.0. The monoisotopic (exact) mass is 376 g/mol. The Morgan fingerprint density at radius 1 is 1.45 bits per heavy atom. The van der Waals surface area contributed by atoms with Gasteiger partial charge in [-0.3, -0.25) is 4.72 Å². The first-order valence-corrected chi connectivity index (χ1v) is 8.37. The van der Waals surface area contributed by atoms with Crippen LogP contribution in [0, 0.1) is 6.92 Å². The number of carbonyl (C=O) groups is 1. The third-order valence-electron chi connectivity index (χ3n) is 2.32. The van der Waals surface area contributed by atoms with Gasteiger partial charge in [-0.2, -0.15) is 0 Å². The van der Waals surface area contributed by atoms with E-state index in [0.717, 1.165) is 11.3 Å². The maximum absolute atomic E-state index is 12.2. The van der Waals surface area contributed by atoms with E-state index < -0.39 is 16.0 Å². The number of hydrogen-bond donors (Lipinski definition) is 2. The second-order valence-electron chi connectivity index (χ2n) is 3.80. The van der Waals surface area contributed by atoms with E-state index in [1.165, 1.54) is 24.4 Å². The molecule has 0 saturated carbocycles. The molecule has 0 radical (unpaired) electrons. The lowest BCUT2D eigenvalue weighted by atomic mass is 10.2. The van der Waals surface area contributed by atoms with Crippen molar-refractivity contribution < 1.29 is 18.3 Å². The van der Waals surface area contributed by atoms with Crippen LogP contribution in [0.15, 0.2) is 33.1 Å². The Kier molecular flexibility index (Phi) is 4.11. The van der Waals surface area contributed by atoms with Crippen molar-refractivity contribution in [2.45, 2.75) is 11.1 Å². The molecule has 0 spiro atoms. The first-order valence-electron chi connectivity index (χ1n) is 5.28. The number of halogens is 1. The molecule has 106 valence electrons. The van der Waals surface area contributed by atoms with Gasteiger partial charge in [0.05, 0.1) is 22.5 Å². The Hall–Kier alpha value is -1.45. The average molecular weight is 377 g/mol. The fraction of sp³-hybridized carbons (Fsp3) is 0.0909. The van der Waals surface area contributed by atoms with Crippen molar-refractivity contribution in [1.29, 1.82) is 0 Å². The van der Waals surface area contributed by atoms with Crippen molar-refractivity contribution in [1.82, 2.24) is 4.98 Å². The number of aromatic nitrogens is 1. The molecule has 0 aliphatic carbocycles. The van der Waals surface area contributed by atoms with Crippen molar-refractivity contribution in [3.05, 3.63) is 39.4 Å². The van der Waals surface area contributed by atoms with Crippen molar-refractivity contribution in [3.63, 3.8) is 0 Å². The summed E-state index contributed by atoms with van der Waals surface area (Å²) in [5, 5.41) is 9.68. The summed E-state index contributed by atoms with van der Waals surface area (Å²) in [6.07, 6.45) is 1.24. The summed E-state index contributed by atoms with van der Waals surface area (Å²) in [6, 6.07) is 4.25. The van der Waals surface area contributed by atoms with Crippen LogP contribution in [0.2, 0.25) is 0 Å². The Bertz CT molecular complexity index is 770. The molecule has 0 unspecified atom stereocenters. The molecule has 9 heteroatoms. The molecule has 0 bridgehead atoms. The molecule has 1 aromatic carbocycles. The van der Waals surface area contributed by atoms with Crippen LogP contribution < -0.4 is 4.72 Å². The van der Waals surface area contributed by atoms with Crippen LogP contribution in [0.4, 0.5) is 5.69 Å². The second kappa shape index (κ2) is 5.51. The first-order chi connectivity index (χ1) is 9.29. The number of nitrogens with one attached hydrogen (secondary N) is 1. The lowest BCUT2D eigenvalue weighted by molar-refractivity contribution is 0.0698. The number of rotatable bonds is 4. The Labute approximate surface area is 127 Å². The minimum atomic E-state index is -3.84. The van der Waals surface area contributed by atoms with Gasteiger partial charge in [0, 0.05) is 4.47 Å². The van der Waals surface area contributed by atoms with E-state index in [1.54, 1.807) is 6.92 Å². The summed E-state index contributed by atoms with van der Waals surface area (Å²) in [5.74, 6) is -1.21. The van der Waals surface area contributed by atoms with Crippen LogP contribution in [0.5, 0.6) is 0 Å². The van der Waals surface area contributed by atoms with E-state index in [4.69, 9.17) is 5.11 Å². The van der Waals surface area contributed by atoms with Gasteiger partial charge in [0.15, 0.2) is 4.21 Å². The maximum atomic E-state index is 12.2. The van der Waals surface area contributed by atoms with Gasteiger partial charge in [-0.1, -0.05) is 15.9 Å². The van der Waals surface area contributed by atoms with Crippen molar-refractivity contribution in [2.24, 2.45) is 0 Å². The largest absolute Gasteiger partial charge is 0.478 e. The van der Waals surface area contributed by atoms with Crippen LogP contribution in [0.3, 0.4) is 0 Å². The predicted molar refractivity (Wildman–Crippen MR) is 78.8 cm³/mol. The number of aromatic carboxylic acids is 1. The predicted octanol–water partition coefficient (Wildman–Crippen LogP) is 2.71. The van der Waals surface area contributed by atoms with Gasteiger partial charge in [-0.25, -0.2) is 18.2 Å². The van der Waals surface area contributed by atoms with Crippen molar-refractivity contribution >= 4 is 48.9 Å². The molecule has 0 amide bonds. The average Bonchev–Trinajstić information content (AvgIpc) is 2.75. The molecule has 0 atom stereocenters. The van der Waals surface area contributed by atoms with Gasteiger partial charge in [-0.05, 0) is 25.1 Å². The maximum Gasteiger partial charge on any atom is 0.337 e. The van der Waals surface area contributed by atoms with Crippen LogP contribution in [-0.2, 0) is 10.0 Å². The number of anilines is 1. The summed E-state index contributed by atoms with van der Waals surface area (Å²) in [7, 11) is -3.84. The fourth-order valence-electron chi connectivity index (χ4n) is 1.45. The van der Waals surface area contributed by atoms with Gasteiger partial charge in [0.25, 0.3) is 10.0 Å². The van der Waals surface area contributed by atoms with Gasteiger partial charge in [-0.15, -0.1) is 11.3 Å². The molecule has 1 aromatic heterocycles. The molecular formula is C11H9BrN2O4S2. The van der Waals surface area contributed by atoms with Gasteiger partial charge < -0.3 is 5.11 Å². The lowest BCUT2D eigenvalue weighted by Gasteiger charge is -2.09. The van der Waals surface area contributed by atoms with Crippen LogP contribution in [-0.4, -0.2) is 24.5 Å². The molecule has 2 rings (SSSR count). The summed E-state index contributed by atoms with van der Waals surface area (Å²) in [6.45, 7) is 1.69. The molecule has 2 aromatic rings. The molecule has 0 saturated heterocycles. The molecule has 0 aliphatic rings. The third kappa shape index (κ3) is 3.17. The zero-order valence-corrected chi connectivity index (χ0v) is 13.3.